The number of benzene rings is 1. The van der Waals surface area contributed by atoms with Gasteiger partial charge in [-0.25, -0.2) is 0 Å². The fourth-order valence-electron chi connectivity index (χ4n) is 3.10. The molecule has 0 aliphatic heterocycles. The van der Waals surface area contributed by atoms with Crippen LogP contribution >= 0.6 is 0 Å². The van der Waals surface area contributed by atoms with E-state index in [0.717, 1.165) is 30.1 Å². The molecule has 0 fully saturated rings. The van der Waals surface area contributed by atoms with Crippen LogP contribution in [0.15, 0.2) is 54.9 Å². The fourth-order valence-corrected chi connectivity index (χ4v) is 3.10. The Hall–Kier alpha value is -2.43. The SMILES string of the molecule is C1=CCC(OCc2ccc(CNC3C=c4nc[n-]c4=CC3)cc2)C=C1. The number of allylic oxidation sites excluding steroid dienone is 2. The van der Waals surface area contributed by atoms with Gasteiger partial charge in [0.1, 0.15) is 0 Å². The van der Waals surface area contributed by atoms with Crippen LogP contribution in [-0.4, -0.2) is 17.1 Å². The first-order chi connectivity index (χ1) is 12.4. The Kier molecular flexibility index (Phi) is 4.91. The van der Waals surface area contributed by atoms with Gasteiger partial charge in [0.25, 0.3) is 0 Å². The Morgan fingerprint density at radius 2 is 2.00 bits per heavy atom. The minimum Gasteiger partial charge on any atom is -0.443 e. The van der Waals surface area contributed by atoms with Crippen LogP contribution in [0.3, 0.4) is 0 Å². The third-order valence-electron chi connectivity index (χ3n) is 4.58. The molecule has 0 spiro atoms. The van der Waals surface area contributed by atoms with E-state index in [-0.39, 0.29) is 6.10 Å². The quantitative estimate of drug-likeness (QED) is 0.872. The molecule has 2 aliphatic carbocycles. The van der Waals surface area contributed by atoms with Crippen molar-refractivity contribution in [2.45, 2.75) is 38.1 Å². The number of aromatic nitrogens is 2. The highest BCUT2D eigenvalue weighted by Gasteiger charge is 2.07. The molecule has 0 radical (unpaired) electrons. The summed E-state index contributed by atoms with van der Waals surface area (Å²) >= 11 is 0. The van der Waals surface area contributed by atoms with Gasteiger partial charge >= 0.3 is 0 Å². The molecule has 128 valence electrons. The molecule has 0 saturated heterocycles. The van der Waals surface area contributed by atoms with Crippen molar-refractivity contribution in [3.05, 3.63) is 76.7 Å². The van der Waals surface area contributed by atoms with Crippen molar-refractivity contribution in [1.82, 2.24) is 15.3 Å². The minimum absolute atomic E-state index is 0.202. The van der Waals surface area contributed by atoms with Crippen LogP contribution in [0.2, 0.25) is 0 Å². The van der Waals surface area contributed by atoms with Gasteiger partial charge in [-0.15, -0.1) is 0 Å². The van der Waals surface area contributed by atoms with Crippen LogP contribution in [0.5, 0.6) is 0 Å². The average Bonchev–Trinajstić information content (AvgIpc) is 3.14. The average molecular weight is 332 g/mol. The molecule has 1 aromatic carbocycles. The van der Waals surface area contributed by atoms with Crippen LogP contribution in [-0.2, 0) is 17.9 Å². The first-order valence-electron chi connectivity index (χ1n) is 8.79. The predicted octanol–water partition coefficient (Wildman–Crippen LogP) is 1.56. The lowest BCUT2D eigenvalue weighted by molar-refractivity contribution is 0.0733. The number of ether oxygens (including phenoxy) is 1. The van der Waals surface area contributed by atoms with Crippen molar-refractivity contribution < 1.29 is 4.74 Å². The highest BCUT2D eigenvalue weighted by molar-refractivity contribution is 5.39. The van der Waals surface area contributed by atoms with Crippen molar-refractivity contribution in [2.75, 3.05) is 0 Å². The van der Waals surface area contributed by atoms with Gasteiger partial charge in [-0.3, -0.25) is 0 Å². The molecule has 0 amide bonds. The number of fused-ring (bicyclic) bond motifs is 1. The molecule has 0 bridgehead atoms. The maximum Gasteiger partial charge on any atom is 0.0797 e. The summed E-state index contributed by atoms with van der Waals surface area (Å²) in [6.45, 7) is 1.50. The molecular weight excluding hydrogens is 310 g/mol. The molecule has 1 aromatic heterocycles. The van der Waals surface area contributed by atoms with Gasteiger partial charge in [0.2, 0.25) is 0 Å². The highest BCUT2D eigenvalue weighted by atomic mass is 16.5. The van der Waals surface area contributed by atoms with Crippen molar-refractivity contribution in [2.24, 2.45) is 0 Å². The third kappa shape index (κ3) is 4.16. The zero-order chi connectivity index (χ0) is 16.9. The molecule has 4 nitrogen and oxygen atoms in total. The second kappa shape index (κ2) is 7.64. The van der Waals surface area contributed by atoms with Gasteiger partial charge < -0.3 is 20.0 Å². The Balaban J connectivity index is 1.27. The maximum absolute atomic E-state index is 5.91. The molecular formula is C21H22N3O-. The van der Waals surface area contributed by atoms with Gasteiger partial charge in [-0.1, -0.05) is 67.0 Å². The predicted molar refractivity (Wildman–Crippen MR) is 98.9 cm³/mol. The van der Waals surface area contributed by atoms with Crippen molar-refractivity contribution >= 4 is 12.2 Å². The summed E-state index contributed by atoms with van der Waals surface area (Å²) in [6.07, 6.45) is 16.4. The van der Waals surface area contributed by atoms with Gasteiger partial charge in [0.05, 0.1) is 12.7 Å². The van der Waals surface area contributed by atoms with E-state index in [1.165, 1.54) is 11.1 Å². The van der Waals surface area contributed by atoms with Crippen LogP contribution in [0, 0.1) is 0 Å². The smallest absolute Gasteiger partial charge is 0.0797 e. The summed E-state index contributed by atoms with van der Waals surface area (Å²) in [5.41, 5.74) is 2.48. The Labute approximate surface area is 147 Å². The molecule has 2 aliphatic rings. The summed E-state index contributed by atoms with van der Waals surface area (Å²) in [7, 11) is 0. The molecule has 2 unspecified atom stereocenters. The molecule has 25 heavy (non-hydrogen) atoms. The summed E-state index contributed by atoms with van der Waals surface area (Å²) in [4.78, 5) is 8.50. The molecule has 2 atom stereocenters. The van der Waals surface area contributed by atoms with E-state index in [2.05, 4.69) is 69.9 Å². The van der Waals surface area contributed by atoms with Gasteiger partial charge in [0.15, 0.2) is 0 Å². The highest BCUT2D eigenvalue weighted by Crippen LogP contribution is 2.12. The van der Waals surface area contributed by atoms with Crippen LogP contribution in [0.4, 0.5) is 0 Å². The minimum atomic E-state index is 0.202. The first-order valence-corrected chi connectivity index (χ1v) is 8.79. The van der Waals surface area contributed by atoms with E-state index in [1.54, 1.807) is 6.33 Å². The molecule has 0 saturated carbocycles. The number of nitrogens with zero attached hydrogens (tertiary/aromatic N) is 2. The van der Waals surface area contributed by atoms with E-state index in [0.29, 0.717) is 12.6 Å². The van der Waals surface area contributed by atoms with Crippen molar-refractivity contribution in [3.63, 3.8) is 0 Å². The van der Waals surface area contributed by atoms with Crippen LogP contribution in [0.1, 0.15) is 24.0 Å². The van der Waals surface area contributed by atoms with Crippen LogP contribution in [0.25, 0.3) is 12.2 Å². The lowest BCUT2D eigenvalue weighted by Crippen LogP contribution is -2.37. The van der Waals surface area contributed by atoms with Gasteiger partial charge in [-0.05, 0) is 34.7 Å². The van der Waals surface area contributed by atoms with E-state index in [1.807, 2.05) is 6.08 Å². The summed E-state index contributed by atoms with van der Waals surface area (Å²) in [6, 6.07) is 8.96. The summed E-state index contributed by atoms with van der Waals surface area (Å²) in [5, 5.41) is 5.56. The van der Waals surface area contributed by atoms with Gasteiger partial charge in [-0.2, -0.15) is 0 Å². The Morgan fingerprint density at radius 1 is 1.12 bits per heavy atom. The Morgan fingerprint density at radius 3 is 2.84 bits per heavy atom. The second-order valence-corrected chi connectivity index (χ2v) is 6.45. The fraction of sp³-hybridized carbons (Fsp3) is 0.286. The number of nitrogens with one attached hydrogen (secondary N) is 1. The lowest BCUT2D eigenvalue weighted by atomic mass is 10.1. The second-order valence-electron chi connectivity index (χ2n) is 6.45. The van der Waals surface area contributed by atoms with E-state index in [4.69, 9.17) is 4.74 Å². The lowest BCUT2D eigenvalue weighted by Gasteiger charge is -2.17. The topological polar surface area (TPSA) is 48.2 Å². The van der Waals surface area contributed by atoms with Crippen molar-refractivity contribution in [3.8, 4) is 0 Å². The summed E-state index contributed by atoms with van der Waals surface area (Å²) in [5.74, 6) is 0. The van der Waals surface area contributed by atoms with Crippen LogP contribution < -0.4 is 21.0 Å². The third-order valence-corrected chi connectivity index (χ3v) is 4.58. The monoisotopic (exact) mass is 332 g/mol. The van der Waals surface area contributed by atoms with E-state index < -0.39 is 0 Å². The van der Waals surface area contributed by atoms with Gasteiger partial charge in [0, 0.05) is 12.6 Å². The van der Waals surface area contributed by atoms with E-state index in [9.17, 15) is 0 Å². The number of hydrogen-bond donors (Lipinski definition) is 1. The normalized spacial score (nSPS) is 21.4. The molecule has 1 N–H and O–H groups in total. The zero-order valence-corrected chi connectivity index (χ0v) is 14.1. The number of hydrogen-bond acceptors (Lipinski definition) is 3. The standard InChI is InChI=1S/C21H22N3O/c1-2-4-19(5-3-1)25-14-17-8-6-16(7-9-17)13-22-18-10-11-20-21(12-18)24-15-23-20/h1-4,6-9,11-12,15,18-19,22H,5,10,13-14H2/q-1. The zero-order valence-electron chi connectivity index (χ0n) is 14.1. The number of rotatable bonds is 6. The summed E-state index contributed by atoms with van der Waals surface area (Å²) < 4.78 is 5.91. The molecule has 1 heterocycles. The maximum atomic E-state index is 5.91. The molecule has 2 aromatic rings. The largest absolute Gasteiger partial charge is 0.443 e. The molecule has 4 rings (SSSR count). The Bertz CT molecular complexity index is 877. The van der Waals surface area contributed by atoms with E-state index >= 15 is 0 Å². The molecule has 4 heteroatoms. The first kappa shape index (κ1) is 16.1. The number of imidazole rings is 1. The van der Waals surface area contributed by atoms with Crippen molar-refractivity contribution in [1.29, 1.82) is 0 Å².